The Bertz CT molecular complexity index is 323. The van der Waals surface area contributed by atoms with Crippen molar-refractivity contribution < 1.29 is 4.79 Å². The molecule has 0 aliphatic carbocycles. The normalized spacial score (nSPS) is 12.4. The topological polar surface area (TPSA) is 75.0 Å². The molecule has 1 atom stereocenters. The predicted molar refractivity (Wildman–Crippen MR) is 67.1 cm³/mol. The van der Waals surface area contributed by atoms with Crippen molar-refractivity contribution in [1.82, 2.24) is 14.9 Å². The molecule has 0 spiro atoms. The Labute approximate surface area is 102 Å². The highest BCUT2D eigenvalue weighted by Gasteiger charge is 2.11. The SMILES string of the molecule is CC(CCN)CCC(=O)N(C)Cc1ncc[nH]1. The summed E-state index contributed by atoms with van der Waals surface area (Å²) in [6.45, 7) is 3.36. The third-order valence-electron chi connectivity index (χ3n) is 2.88. The van der Waals surface area contributed by atoms with E-state index in [1.54, 1.807) is 24.3 Å². The molecule has 5 heteroatoms. The number of imidazole rings is 1. The van der Waals surface area contributed by atoms with Crippen LogP contribution >= 0.6 is 0 Å². The zero-order valence-corrected chi connectivity index (χ0v) is 10.6. The average molecular weight is 238 g/mol. The fraction of sp³-hybridized carbons (Fsp3) is 0.667. The number of hydrogen-bond donors (Lipinski definition) is 2. The summed E-state index contributed by atoms with van der Waals surface area (Å²) in [4.78, 5) is 20.6. The quantitative estimate of drug-likeness (QED) is 0.747. The maximum absolute atomic E-state index is 11.8. The van der Waals surface area contributed by atoms with E-state index < -0.39 is 0 Å². The first kappa shape index (κ1) is 13.7. The van der Waals surface area contributed by atoms with Crippen LogP contribution in [0.15, 0.2) is 12.4 Å². The Hall–Kier alpha value is -1.36. The van der Waals surface area contributed by atoms with Crippen molar-refractivity contribution in [3.63, 3.8) is 0 Å². The third-order valence-corrected chi connectivity index (χ3v) is 2.88. The number of nitrogens with two attached hydrogens (primary N) is 1. The molecular formula is C12H22N4O. The first-order valence-electron chi connectivity index (χ1n) is 6.05. The van der Waals surface area contributed by atoms with E-state index in [1.165, 1.54) is 0 Å². The summed E-state index contributed by atoms with van der Waals surface area (Å²) in [5, 5.41) is 0. The molecule has 0 aromatic carbocycles. The molecule has 1 aromatic heterocycles. The number of carbonyl (C=O) groups is 1. The van der Waals surface area contributed by atoms with Gasteiger partial charge in [-0.3, -0.25) is 4.79 Å². The van der Waals surface area contributed by atoms with Gasteiger partial charge in [-0.05, 0) is 25.3 Å². The second-order valence-electron chi connectivity index (χ2n) is 4.51. The molecule has 0 saturated heterocycles. The number of aromatic nitrogens is 2. The molecule has 1 unspecified atom stereocenters. The summed E-state index contributed by atoms with van der Waals surface area (Å²) in [5.74, 6) is 1.49. The lowest BCUT2D eigenvalue weighted by atomic mass is 10.0. The molecule has 3 N–H and O–H groups in total. The van der Waals surface area contributed by atoms with Gasteiger partial charge in [0, 0.05) is 25.9 Å². The first-order valence-corrected chi connectivity index (χ1v) is 6.05. The summed E-state index contributed by atoms with van der Waals surface area (Å²) < 4.78 is 0. The van der Waals surface area contributed by atoms with Crippen molar-refractivity contribution in [3.05, 3.63) is 18.2 Å². The summed E-state index contributed by atoms with van der Waals surface area (Å²) in [6.07, 6.45) is 5.92. The van der Waals surface area contributed by atoms with Gasteiger partial charge in [-0.15, -0.1) is 0 Å². The lowest BCUT2D eigenvalue weighted by Gasteiger charge is -2.17. The van der Waals surface area contributed by atoms with E-state index in [4.69, 9.17) is 5.73 Å². The van der Waals surface area contributed by atoms with E-state index in [-0.39, 0.29) is 5.91 Å². The first-order chi connectivity index (χ1) is 8.13. The molecule has 96 valence electrons. The lowest BCUT2D eigenvalue weighted by molar-refractivity contribution is -0.130. The summed E-state index contributed by atoms with van der Waals surface area (Å²) in [6, 6.07) is 0. The molecule has 0 aliphatic heterocycles. The van der Waals surface area contributed by atoms with Crippen LogP contribution in [-0.2, 0) is 11.3 Å². The van der Waals surface area contributed by atoms with E-state index >= 15 is 0 Å². The van der Waals surface area contributed by atoms with Gasteiger partial charge in [0.25, 0.3) is 0 Å². The smallest absolute Gasteiger partial charge is 0.222 e. The van der Waals surface area contributed by atoms with Crippen LogP contribution in [0.3, 0.4) is 0 Å². The van der Waals surface area contributed by atoms with Crippen molar-refractivity contribution in [2.75, 3.05) is 13.6 Å². The number of amides is 1. The molecule has 5 nitrogen and oxygen atoms in total. The Balaban J connectivity index is 2.27. The Kier molecular flexibility index (Phi) is 5.69. The highest BCUT2D eigenvalue weighted by Crippen LogP contribution is 2.10. The van der Waals surface area contributed by atoms with Crippen molar-refractivity contribution in [1.29, 1.82) is 0 Å². The maximum atomic E-state index is 11.8. The van der Waals surface area contributed by atoms with E-state index in [9.17, 15) is 4.79 Å². The third kappa shape index (κ3) is 4.99. The number of carbonyl (C=O) groups excluding carboxylic acids is 1. The molecule has 1 heterocycles. The van der Waals surface area contributed by atoms with Crippen LogP contribution in [0.5, 0.6) is 0 Å². The van der Waals surface area contributed by atoms with Gasteiger partial charge in [0.2, 0.25) is 5.91 Å². The van der Waals surface area contributed by atoms with Crippen molar-refractivity contribution >= 4 is 5.91 Å². The van der Waals surface area contributed by atoms with Crippen LogP contribution in [0.2, 0.25) is 0 Å². The minimum atomic E-state index is 0.158. The number of H-pyrrole nitrogens is 1. The second kappa shape index (κ2) is 7.06. The van der Waals surface area contributed by atoms with Gasteiger partial charge in [0.1, 0.15) is 5.82 Å². The van der Waals surface area contributed by atoms with Crippen LogP contribution in [-0.4, -0.2) is 34.4 Å². The van der Waals surface area contributed by atoms with Gasteiger partial charge < -0.3 is 15.6 Å². The Morgan fingerprint density at radius 2 is 2.35 bits per heavy atom. The lowest BCUT2D eigenvalue weighted by Crippen LogP contribution is -2.27. The molecule has 0 radical (unpaired) electrons. The number of nitrogens with zero attached hydrogens (tertiary/aromatic N) is 2. The Morgan fingerprint density at radius 3 is 2.94 bits per heavy atom. The molecule has 0 bridgehead atoms. The van der Waals surface area contributed by atoms with E-state index in [2.05, 4.69) is 16.9 Å². The molecule has 17 heavy (non-hydrogen) atoms. The maximum Gasteiger partial charge on any atom is 0.222 e. The minimum Gasteiger partial charge on any atom is -0.347 e. The number of rotatable bonds is 7. The van der Waals surface area contributed by atoms with Gasteiger partial charge in [-0.2, -0.15) is 0 Å². The zero-order valence-electron chi connectivity index (χ0n) is 10.6. The molecule has 0 saturated carbocycles. The van der Waals surface area contributed by atoms with Gasteiger partial charge in [-0.25, -0.2) is 4.98 Å². The van der Waals surface area contributed by atoms with Gasteiger partial charge in [0.15, 0.2) is 0 Å². The summed E-state index contributed by atoms with van der Waals surface area (Å²) in [7, 11) is 1.80. The van der Waals surface area contributed by atoms with E-state index in [0.717, 1.165) is 18.7 Å². The minimum absolute atomic E-state index is 0.158. The van der Waals surface area contributed by atoms with Crippen molar-refractivity contribution in [3.8, 4) is 0 Å². The zero-order chi connectivity index (χ0) is 12.7. The summed E-state index contributed by atoms with van der Waals surface area (Å²) >= 11 is 0. The van der Waals surface area contributed by atoms with Gasteiger partial charge in [0.05, 0.1) is 6.54 Å². The van der Waals surface area contributed by atoms with Crippen molar-refractivity contribution in [2.24, 2.45) is 11.7 Å². The molecule has 1 amide bonds. The Morgan fingerprint density at radius 1 is 1.59 bits per heavy atom. The fourth-order valence-electron chi connectivity index (χ4n) is 1.69. The largest absolute Gasteiger partial charge is 0.347 e. The molecule has 1 aromatic rings. The molecule has 1 rings (SSSR count). The highest BCUT2D eigenvalue weighted by atomic mass is 16.2. The van der Waals surface area contributed by atoms with E-state index in [0.29, 0.717) is 25.4 Å². The van der Waals surface area contributed by atoms with Crippen molar-refractivity contribution in [2.45, 2.75) is 32.7 Å². The van der Waals surface area contributed by atoms with Crippen LogP contribution in [0, 0.1) is 5.92 Å². The predicted octanol–water partition coefficient (Wildman–Crippen LogP) is 1.13. The molecule has 0 fully saturated rings. The number of nitrogens with one attached hydrogen (secondary N) is 1. The van der Waals surface area contributed by atoms with Gasteiger partial charge >= 0.3 is 0 Å². The summed E-state index contributed by atoms with van der Waals surface area (Å²) in [5.41, 5.74) is 5.48. The van der Waals surface area contributed by atoms with Crippen LogP contribution in [0.1, 0.15) is 32.0 Å². The average Bonchev–Trinajstić information content (AvgIpc) is 2.79. The van der Waals surface area contributed by atoms with Crippen LogP contribution < -0.4 is 5.73 Å². The second-order valence-corrected chi connectivity index (χ2v) is 4.51. The highest BCUT2D eigenvalue weighted by molar-refractivity contribution is 5.75. The van der Waals surface area contributed by atoms with Crippen LogP contribution in [0.4, 0.5) is 0 Å². The number of hydrogen-bond acceptors (Lipinski definition) is 3. The standard InChI is InChI=1S/C12H22N4O/c1-10(5-6-13)3-4-12(17)16(2)9-11-14-7-8-15-11/h7-8,10H,3-6,9,13H2,1-2H3,(H,14,15). The molecule has 0 aliphatic rings. The fourth-order valence-corrected chi connectivity index (χ4v) is 1.69. The van der Waals surface area contributed by atoms with Crippen LogP contribution in [0.25, 0.3) is 0 Å². The number of aromatic amines is 1. The van der Waals surface area contributed by atoms with E-state index in [1.807, 2.05) is 0 Å². The monoisotopic (exact) mass is 238 g/mol. The van der Waals surface area contributed by atoms with Gasteiger partial charge in [-0.1, -0.05) is 6.92 Å². The molecular weight excluding hydrogens is 216 g/mol.